The fraction of sp³-hybridized carbons (Fsp3) is 0.333. The van der Waals surface area contributed by atoms with E-state index < -0.39 is 8.07 Å². The topological polar surface area (TPSA) is 34.1 Å². The molecule has 0 amide bonds. The number of Topliss-reactive ketones (excluding diaryl/α,β-unsaturated/α-hetero) is 1. The third kappa shape index (κ3) is 2.86. The van der Waals surface area contributed by atoms with Gasteiger partial charge in [-0.3, -0.25) is 4.79 Å². The van der Waals surface area contributed by atoms with Gasteiger partial charge in [-0.1, -0.05) is 43.9 Å². The van der Waals surface area contributed by atoms with E-state index in [1.165, 1.54) is 6.92 Å². The second-order valence-corrected chi connectivity index (χ2v) is 9.67. The van der Waals surface area contributed by atoms with Gasteiger partial charge in [0, 0.05) is 11.1 Å². The lowest BCUT2D eigenvalue weighted by Crippen LogP contribution is -2.33. The third-order valence-corrected chi connectivity index (χ3v) is 3.89. The van der Waals surface area contributed by atoms with E-state index in [9.17, 15) is 9.59 Å². The van der Waals surface area contributed by atoms with Crippen molar-refractivity contribution in [1.29, 1.82) is 0 Å². The monoisotopic (exact) mass is 220 g/mol. The van der Waals surface area contributed by atoms with Crippen molar-refractivity contribution in [3.05, 3.63) is 35.4 Å². The van der Waals surface area contributed by atoms with Crippen LogP contribution in [0.15, 0.2) is 24.3 Å². The number of ketones is 1. The van der Waals surface area contributed by atoms with Crippen LogP contribution in [0.2, 0.25) is 19.6 Å². The standard InChI is InChI=1S/C12H16O2Si/c1-9(13)10-5-7-11(8-6-10)12(14)15(2,3)4/h5-8H,1-4H3. The van der Waals surface area contributed by atoms with Crippen LogP contribution >= 0.6 is 0 Å². The van der Waals surface area contributed by atoms with Gasteiger partial charge in [-0.15, -0.1) is 0 Å². The summed E-state index contributed by atoms with van der Waals surface area (Å²) in [7, 11) is -1.77. The van der Waals surface area contributed by atoms with Crippen molar-refractivity contribution < 1.29 is 9.59 Å². The molecule has 3 heteroatoms. The minimum atomic E-state index is -1.77. The van der Waals surface area contributed by atoms with Gasteiger partial charge < -0.3 is 4.79 Å². The summed E-state index contributed by atoms with van der Waals surface area (Å²) in [5.41, 5.74) is 1.38. The van der Waals surface area contributed by atoms with Crippen molar-refractivity contribution in [3.8, 4) is 0 Å². The number of benzene rings is 1. The van der Waals surface area contributed by atoms with Gasteiger partial charge in [0.05, 0.1) is 0 Å². The van der Waals surface area contributed by atoms with Crippen molar-refractivity contribution in [2.75, 3.05) is 0 Å². The second kappa shape index (κ2) is 4.11. The molecule has 0 spiro atoms. The van der Waals surface area contributed by atoms with Crippen LogP contribution in [0, 0.1) is 0 Å². The molecular formula is C12H16O2Si. The van der Waals surface area contributed by atoms with Crippen LogP contribution in [0.1, 0.15) is 27.6 Å². The summed E-state index contributed by atoms with van der Waals surface area (Å²) < 4.78 is 0. The first-order valence-corrected chi connectivity index (χ1v) is 8.48. The Kier molecular flexibility index (Phi) is 3.24. The minimum absolute atomic E-state index is 0.0296. The average Bonchev–Trinajstić information content (AvgIpc) is 2.15. The second-order valence-electron chi connectivity index (χ2n) is 4.71. The van der Waals surface area contributed by atoms with Gasteiger partial charge >= 0.3 is 0 Å². The average molecular weight is 220 g/mol. The molecular weight excluding hydrogens is 204 g/mol. The molecule has 0 aromatic heterocycles. The molecule has 1 aromatic carbocycles. The molecule has 0 aliphatic carbocycles. The molecule has 80 valence electrons. The van der Waals surface area contributed by atoms with Gasteiger partial charge in [-0.25, -0.2) is 0 Å². The molecule has 2 nitrogen and oxygen atoms in total. The Morgan fingerprint density at radius 1 is 0.933 bits per heavy atom. The fourth-order valence-corrected chi connectivity index (χ4v) is 2.32. The lowest BCUT2D eigenvalue weighted by molar-refractivity contribution is 0.101. The molecule has 0 aliphatic heterocycles. The molecule has 0 atom stereocenters. The number of carbonyl (C=O) groups excluding carboxylic acids is 2. The van der Waals surface area contributed by atoms with Gasteiger partial charge in [0.1, 0.15) is 13.5 Å². The third-order valence-electron chi connectivity index (χ3n) is 2.23. The first-order chi connectivity index (χ1) is 6.82. The van der Waals surface area contributed by atoms with Crippen LogP contribution in [0.25, 0.3) is 0 Å². The summed E-state index contributed by atoms with van der Waals surface area (Å²) in [6.07, 6.45) is 0. The molecule has 0 saturated carbocycles. The SMILES string of the molecule is CC(=O)c1ccc(C(=O)[Si](C)(C)C)cc1. The highest BCUT2D eigenvalue weighted by Crippen LogP contribution is 2.13. The Bertz CT molecular complexity index is 385. The van der Waals surface area contributed by atoms with E-state index in [0.29, 0.717) is 5.56 Å². The predicted molar refractivity (Wildman–Crippen MR) is 64.1 cm³/mol. The Hall–Kier alpha value is -1.22. The van der Waals surface area contributed by atoms with Crippen LogP contribution in [0.5, 0.6) is 0 Å². The highest BCUT2D eigenvalue weighted by molar-refractivity contribution is 7.05. The summed E-state index contributed by atoms with van der Waals surface area (Å²) in [6, 6.07) is 6.93. The van der Waals surface area contributed by atoms with Gasteiger partial charge in [0.25, 0.3) is 0 Å². The molecule has 0 unspecified atom stereocenters. The van der Waals surface area contributed by atoms with Crippen molar-refractivity contribution in [3.63, 3.8) is 0 Å². The lowest BCUT2D eigenvalue weighted by atomic mass is 10.1. The van der Waals surface area contributed by atoms with Crippen molar-refractivity contribution in [1.82, 2.24) is 0 Å². The maximum atomic E-state index is 11.9. The Morgan fingerprint density at radius 3 is 1.67 bits per heavy atom. The van der Waals surface area contributed by atoms with E-state index in [2.05, 4.69) is 0 Å². The molecule has 0 bridgehead atoms. The number of hydrogen-bond acceptors (Lipinski definition) is 2. The predicted octanol–water partition coefficient (Wildman–Crippen LogP) is 2.95. The zero-order valence-electron chi connectivity index (χ0n) is 9.63. The van der Waals surface area contributed by atoms with Crippen molar-refractivity contribution in [2.45, 2.75) is 26.6 Å². The molecule has 0 fully saturated rings. The lowest BCUT2D eigenvalue weighted by Gasteiger charge is -2.13. The summed E-state index contributed by atoms with van der Waals surface area (Å²) >= 11 is 0. The van der Waals surface area contributed by atoms with Crippen LogP contribution in [0.4, 0.5) is 0 Å². The van der Waals surface area contributed by atoms with Crippen LogP contribution in [-0.4, -0.2) is 19.3 Å². The first-order valence-electron chi connectivity index (χ1n) is 4.98. The van der Waals surface area contributed by atoms with Crippen LogP contribution < -0.4 is 0 Å². The largest absolute Gasteiger partial charge is 0.300 e. The quantitative estimate of drug-likeness (QED) is 0.579. The molecule has 0 saturated heterocycles. The molecule has 0 aliphatic rings. The Morgan fingerprint density at radius 2 is 1.33 bits per heavy atom. The highest BCUT2D eigenvalue weighted by Gasteiger charge is 2.25. The fourth-order valence-electron chi connectivity index (χ4n) is 1.29. The van der Waals surface area contributed by atoms with Crippen molar-refractivity contribution >= 4 is 19.3 Å². The van der Waals surface area contributed by atoms with Crippen LogP contribution in [0.3, 0.4) is 0 Å². The molecule has 0 N–H and O–H groups in total. The van der Waals surface area contributed by atoms with Gasteiger partial charge in [0.2, 0.25) is 0 Å². The molecule has 15 heavy (non-hydrogen) atoms. The van der Waals surface area contributed by atoms with E-state index in [0.717, 1.165) is 5.56 Å². The van der Waals surface area contributed by atoms with E-state index in [1.807, 2.05) is 19.6 Å². The Balaban J connectivity index is 3.00. The minimum Gasteiger partial charge on any atom is -0.300 e. The van der Waals surface area contributed by atoms with Crippen LogP contribution in [-0.2, 0) is 0 Å². The van der Waals surface area contributed by atoms with E-state index in [1.54, 1.807) is 24.3 Å². The zero-order chi connectivity index (χ0) is 11.6. The zero-order valence-corrected chi connectivity index (χ0v) is 10.6. The Labute approximate surface area is 91.3 Å². The van der Waals surface area contributed by atoms with E-state index in [-0.39, 0.29) is 11.2 Å². The number of carbonyl (C=O) groups is 2. The molecule has 0 heterocycles. The summed E-state index contributed by atoms with van der Waals surface area (Å²) in [4.78, 5) is 23.0. The molecule has 1 rings (SSSR count). The first kappa shape index (κ1) is 11.8. The maximum Gasteiger partial charge on any atom is 0.159 e. The van der Waals surface area contributed by atoms with Gasteiger partial charge in [-0.05, 0) is 6.92 Å². The van der Waals surface area contributed by atoms with Gasteiger partial charge in [-0.2, -0.15) is 0 Å². The number of hydrogen-bond donors (Lipinski definition) is 0. The van der Waals surface area contributed by atoms with E-state index >= 15 is 0 Å². The maximum absolute atomic E-state index is 11.9. The number of rotatable bonds is 3. The highest BCUT2D eigenvalue weighted by atomic mass is 28.3. The smallest absolute Gasteiger partial charge is 0.159 e. The van der Waals surface area contributed by atoms with E-state index in [4.69, 9.17) is 0 Å². The molecule has 1 aromatic rings. The molecule has 0 radical (unpaired) electrons. The van der Waals surface area contributed by atoms with Crippen molar-refractivity contribution in [2.24, 2.45) is 0 Å². The summed E-state index contributed by atoms with van der Waals surface area (Å²) in [5, 5.41) is 0.234. The summed E-state index contributed by atoms with van der Waals surface area (Å²) in [5.74, 6) is 0.0296. The normalized spacial score (nSPS) is 11.2. The van der Waals surface area contributed by atoms with Gasteiger partial charge in [0.15, 0.2) is 5.78 Å². The summed E-state index contributed by atoms with van der Waals surface area (Å²) in [6.45, 7) is 7.59.